The first-order valence-electron chi connectivity index (χ1n) is 11.7. The van der Waals surface area contributed by atoms with Gasteiger partial charge in [0.1, 0.15) is 23.9 Å². The Bertz CT molecular complexity index is 1180. The fourth-order valence-corrected chi connectivity index (χ4v) is 4.91. The van der Waals surface area contributed by atoms with Crippen LogP contribution < -0.4 is 14.2 Å². The highest BCUT2D eigenvalue weighted by atomic mass is 16.5. The van der Waals surface area contributed by atoms with Gasteiger partial charge in [0.15, 0.2) is 0 Å². The van der Waals surface area contributed by atoms with Crippen LogP contribution in [0.3, 0.4) is 0 Å². The van der Waals surface area contributed by atoms with Crippen molar-refractivity contribution in [2.45, 2.75) is 45.1 Å². The highest BCUT2D eigenvalue weighted by Crippen LogP contribution is 2.43. The van der Waals surface area contributed by atoms with E-state index in [1.165, 1.54) is 16.7 Å². The molecule has 0 aromatic heterocycles. The van der Waals surface area contributed by atoms with Gasteiger partial charge in [-0.3, -0.25) is 4.90 Å². The first kappa shape index (κ1) is 22.4. The molecule has 2 aliphatic heterocycles. The van der Waals surface area contributed by atoms with E-state index in [0.29, 0.717) is 12.6 Å². The van der Waals surface area contributed by atoms with Crippen molar-refractivity contribution >= 4 is 0 Å². The van der Waals surface area contributed by atoms with E-state index in [9.17, 15) is 0 Å². The summed E-state index contributed by atoms with van der Waals surface area (Å²) < 4.78 is 17.8. The van der Waals surface area contributed by atoms with Crippen LogP contribution in [0.4, 0.5) is 0 Å². The number of ether oxygens (including phenoxy) is 3. The Morgan fingerprint density at radius 3 is 2.29 bits per heavy atom. The summed E-state index contributed by atoms with van der Waals surface area (Å²) in [5.41, 5.74) is 5.64. The molecular weight excluding hydrogens is 426 g/mol. The van der Waals surface area contributed by atoms with Crippen LogP contribution in [0.15, 0.2) is 70.9 Å². The molecule has 6 nitrogen and oxygen atoms in total. The third kappa shape index (κ3) is 4.38. The highest BCUT2D eigenvalue weighted by Gasteiger charge is 2.50. The van der Waals surface area contributed by atoms with Crippen LogP contribution in [-0.2, 0) is 13.2 Å². The minimum absolute atomic E-state index is 0.172. The van der Waals surface area contributed by atoms with Gasteiger partial charge in [0.25, 0.3) is 0 Å². The van der Waals surface area contributed by atoms with E-state index in [-0.39, 0.29) is 5.66 Å². The Balaban J connectivity index is 1.35. The summed E-state index contributed by atoms with van der Waals surface area (Å²) in [6.45, 7) is 6.40. The Labute approximate surface area is 201 Å². The summed E-state index contributed by atoms with van der Waals surface area (Å²) in [6.07, 6.45) is 0.972. The van der Waals surface area contributed by atoms with Gasteiger partial charge in [-0.2, -0.15) is 10.2 Å². The molecule has 1 atom stereocenters. The van der Waals surface area contributed by atoms with Gasteiger partial charge in [0.05, 0.1) is 19.8 Å². The number of hydrogen-bond donors (Lipinski definition) is 0. The highest BCUT2D eigenvalue weighted by molar-refractivity contribution is 5.68. The molecule has 1 saturated heterocycles. The first-order valence-corrected chi connectivity index (χ1v) is 11.7. The maximum atomic E-state index is 6.23. The van der Waals surface area contributed by atoms with E-state index >= 15 is 0 Å². The molecule has 0 saturated carbocycles. The summed E-state index contributed by atoms with van der Waals surface area (Å²) in [7, 11) is 3.38. The molecular formula is C28H31N3O3. The molecule has 1 spiro atoms. The molecule has 2 aliphatic rings. The number of hydrogen-bond acceptors (Lipinski definition) is 6. The standard InChI is InChI=1S/C28H31N3O3/c1-19-15-28(29-30-28)18-31(19)16-25-26(32-3)13-23(14-27(25)33-4)34-17-22-11-8-12-24(20(22)2)21-9-6-5-7-10-21/h5-14,19H,15-18H2,1-4H3/t19-/m1/s1. The minimum atomic E-state index is -0.172. The molecule has 0 bridgehead atoms. The topological polar surface area (TPSA) is 55.6 Å². The summed E-state index contributed by atoms with van der Waals surface area (Å²) in [5.74, 6) is 2.25. The molecule has 1 fully saturated rings. The van der Waals surface area contributed by atoms with E-state index in [1.54, 1.807) is 14.2 Å². The average Bonchev–Trinajstić information content (AvgIpc) is 3.54. The average molecular weight is 458 g/mol. The lowest BCUT2D eigenvalue weighted by Gasteiger charge is -2.23. The van der Waals surface area contributed by atoms with E-state index in [4.69, 9.17) is 14.2 Å². The zero-order chi connectivity index (χ0) is 23.7. The fraction of sp³-hybridized carbons (Fsp3) is 0.357. The van der Waals surface area contributed by atoms with Crippen molar-refractivity contribution in [3.63, 3.8) is 0 Å². The Kier molecular flexibility index (Phi) is 6.00. The second-order valence-electron chi connectivity index (χ2n) is 9.19. The molecule has 34 heavy (non-hydrogen) atoms. The minimum Gasteiger partial charge on any atom is -0.496 e. The van der Waals surface area contributed by atoms with Gasteiger partial charge in [-0.15, -0.1) is 0 Å². The van der Waals surface area contributed by atoms with Gasteiger partial charge in [0.2, 0.25) is 5.66 Å². The van der Waals surface area contributed by atoms with E-state index in [1.807, 2.05) is 18.2 Å². The number of nitrogens with zero attached hydrogens (tertiary/aromatic N) is 3. The van der Waals surface area contributed by atoms with Crippen LogP contribution in [0.5, 0.6) is 17.2 Å². The molecule has 176 valence electrons. The summed E-state index contributed by atoms with van der Waals surface area (Å²) >= 11 is 0. The Hall–Kier alpha value is -3.38. The van der Waals surface area contributed by atoms with Crippen molar-refractivity contribution in [2.75, 3.05) is 20.8 Å². The zero-order valence-electron chi connectivity index (χ0n) is 20.2. The predicted octanol–water partition coefficient (Wildman–Crippen LogP) is 6.01. The number of benzene rings is 3. The smallest absolute Gasteiger partial charge is 0.204 e. The lowest BCUT2D eigenvalue weighted by atomic mass is 9.97. The van der Waals surface area contributed by atoms with Crippen LogP contribution >= 0.6 is 0 Å². The second kappa shape index (κ2) is 9.11. The number of likely N-dealkylation sites (tertiary alicyclic amines) is 1. The summed E-state index contributed by atoms with van der Waals surface area (Å²) in [4.78, 5) is 2.39. The normalized spacial score (nSPS) is 18.3. The van der Waals surface area contributed by atoms with Gasteiger partial charge in [0, 0.05) is 37.7 Å². The zero-order valence-corrected chi connectivity index (χ0v) is 20.2. The fourth-order valence-electron chi connectivity index (χ4n) is 4.91. The van der Waals surface area contributed by atoms with E-state index in [0.717, 1.165) is 47.9 Å². The molecule has 5 rings (SSSR count). The molecule has 0 aliphatic carbocycles. The molecule has 6 heteroatoms. The maximum absolute atomic E-state index is 6.23. The first-order chi connectivity index (χ1) is 16.5. The van der Waals surface area contributed by atoms with Crippen molar-refractivity contribution in [3.05, 3.63) is 77.4 Å². The van der Waals surface area contributed by atoms with Crippen LogP contribution in [0.2, 0.25) is 0 Å². The van der Waals surface area contributed by atoms with Crippen LogP contribution in [-0.4, -0.2) is 37.4 Å². The van der Waals surface area contributed by atoms with Gasteiger partial charge >= 0.3 is 0 Å². The number of methoxy groups -OCH3 is 2. The Morgan fingerprint density at radius 2 is 1.68 bits per heavy atom. The Morgan fingerprint density at radius 1 is 0.971 bits per heavy atom. The third-order valence-electron chi connectivity index (χ3n) is 6.95. The number of rotatable bonds is 8. The summed E-state index contributed by atoms with van der Waals surface area (Å²) in [6, 6.07) is 21.1. The third-order valence-corrected chi connectivity index (χ3v) is 6.95. The molecule has 3 aromatic rings. The monoisotopic (exact) mass is 457 g/mol. The summed E-state index contributed by atoms with van der Waals surface area (Å²) in [5, 5.41) is 8.52. The molecule has 3 aromatic carbocycles. The maximum Gasteiger partial charge on any atom is 0.204 e. The van der Waals surface area contributed by atoms with Crippen LogP contribution in [0.25, 0.3) is 11.1 Å². The van der Waals surface area contributed by atoms with Gasteiger partial charge in [-0.05, 0) is 36.1 Å². The lowest BCUT2D eigenvalue weighted by molar-refractivity contribution is 0.246. The van der Waals surface area contributed by atoms with Gasteiger partial charge in [-0.1, -0.05) is 48.5 Å². The molecule has 0 amide bonds. The van der Waals surface area contributed by atoms with Gasteiger partial charge < -0.3 is 14.2 Å². The second-order valence-corrected chi connectivity index (χ2v) is 9.19. The lowest BCUT2D eigenvalue weighted by Crippen LogP contribution is -2.28. The molecule has 0 N–H and O–H groups in total. The van der Waals surface area contributed by atoms with Crippen molar-refractivity contribution in [3.8, 4) is 28.4 Å². The molecule has 0 radical (unpaired) electrons. The van der Waals surface area contributed by atoms with Crippen molar-refractivity contribution in [1.29, 1.82) is 0 Å². The van der Waals surface area contributed by atoms with Crippen molar-refractivity contribution in [1.82, 2.24) is 4.90 Å². The largest absolute Gasteiger partial charge is 0.496 e. The quantitative estimate of drug-likeness (QED) is 0.415. The van der Waals surface area contributed by atoms with Crippen LogP contribution in [0, 0.1) is 6.92 Å². The predicted molar refractivity (Wildman–Crippen MR) is 133 cm³/mol. The van der Waals surface area contributed by atoms with Gasteiger partial charge in [-0.25, -0.2) is 0 Å². The van der Waals surface area contributed by atoms with Crippen molar-refractivity contribution in [2.24, 2.45) is 10.2 Å². The van der Waals surface area contributed by atoms with E-state index < -0.39 is 0 Å². The van der Waals surface area contributed by atoms with Crippen molar-refractivity contribution < 1.29 is 14.2 Å². The SMILES string of the molecule is COc1cc(OCc2cccc(-c3ccccc3)c2C)cc(OC)c1CN1CC2(C[C@H]1C)N=N2. The van der Waals surface area contributed by atoms with Crippen LogP contribution in [0.1, 0.15) is 30.0 Å². The molecule has 2 heterocycles. The molecule has 0 unspecified atom stereocenters. The van der Waals surface area contributed by atoms with E-state index in [2.05, 4.69) is 71.4 Å².